The number of hydrogen-bond donors (Lipinski definition) is 0. The Morgan fingerprint density at radius 1 is 1.17 bits per heavy atom. The number of hydrogen-bond acceptors (Lipinski definition) is 3. The molecule has 0 saturated carbocycles. The van der Waals surface area contributed by atoms with E-state index in [0.717, 1.165) is 39.4 Å². The Bertz CT molecular complexity index is 712. The first-order valence-corrected chi connectivity index (χ1v) is 9.18. The third-order valence-corrected chi connectivity index (χ3v) is 4.96. The van der Waals surface area contributed by atoms with Crippen LogP contribution in [0.4, 0.5) is 0 Å². The van der Waals surface area contributed by atoms with E-state index < -0.39 is 0 Å². The Morgan fingerprint density at radius 3 is 2.58 bits per heavy atom. The molecule has 1 aliphatic heterocycles. The van der Waals surface area contributed by atoms with E-state index in [1.165, 1.54) is 5.56 Å². The molecule has 1 saturated heterocycles. The summed E-state index contributed by atoms with van der Waals surface area (Å²) >= 11 is 9.24. The van der Waals surface area contributed by atoms with E-state index in [4.69, 9.17) is 21.7 Å². The highest BCUT2D eigenvalue weighted by Gasteiger charge is 2.19. The van der Waals surface area contributed by atoms with E-state index in [1.54, 1.807) is 0 Å². The third kappa shape index (κ3) is 4.35. The smallest absolute Gasteiger partial charge is 0.130 e. The molecular formula is C19H20BrNO2S. The molecule has 0 amide bonds. The minimum atomic E-state index is 0.528. The van der Waals surface area contributed by atoms with E-state index in [1.807, 2.05) is 18.2 Å². The lowest BCUT2D eigenvalue weighted by Gasteiger charge is -2.30. The predicted octanol–water partition coefficient (Wildman–Crippen LogP) is 4.34. The number of thiocarbonyl (C=S) groups is 1. The lowest BCUT2D eigenvalue weighted by Crippen LogP contribution is -2.40. The van der Waals surface area contributed by atoms with Crippen LogP contribution in [0.25, 0.3) is 0 Å². The summed E-state index contributed by atoms with van der Waals surface area (Å²) in [4.78, 5) is 3.00. The maximum Gasteiger partial charge on any atom is 0.130 e. The molecule has 1 aliphatic rings. The molecule has 3 nitrogen and oxygen atoms in total. The highest BCUT2D eigenvalue weighted by Crippen LogP contribution is 2.26. The molecule has 126 valence electrons. The summed E-state index contributed by atoms with van der Waals surface area (Å²) in [6, 6.07) is 14.4. The van der Waals surface area contributed by atoms with Gasteiger partial charge >= 0.3 is 0 Å². The highest BCUT2D eigenvalue weighted by molar-refractivity contribution is 9.10. The molecule has 2 aromatic carbocycles. The second kappa shape index (κ2) is 8.10. The molecule has 0 aliphatic carbocycles. The van der Waals surface area contributed by atoms with Crippen molar-refractivity contribution in [2.75, 3.05) is 26.3 Å². The molecule has 0 radical (unpaired) electrons. The van der Waals surface area contributed by atoms with Gasteiger partial charge in [-0.2, -0.15) is 0 Å². The van der Waals surface area contributed by atoms with Crippen molar-refractivity contribution in [3.8, 4) is 5.75 Å². The lowest BCUT2D eigenvalue weighted by molar-refractivity contribution is 0.0692. The zero-order chi connectivity index (χ0) is 16.9. The zero-order valence-electron chi connectivity index (χ0n) is 13.6. The van der Waals surface area contributed by atoms with Crippen LogP contribution in [-0.4, -0.2) is 36.2 Å². The van der Waals surface area contributed by atoms with E-state index >= 15 is 0 Å². The second-order valence-corrected chi connectivity index (χ2v) is 7.12. The number of halogens is 1. The molecule has 1 heterocycles. The Morgan fingerprint density at radius 2 is 1.88 bits per heavy atom. The minimum Gasteiger partial charge on any atom is -0.488 e. The molecule has 0 spiro atoms. The van der Waals surface area contributed by atoms with Crippen LogP contribution in [0.2, 0.25) is 0 Å². The normalized spacial score (nSPS) is 14.5. The van der Waals surface area contributed by atoms with Gasteiger partial charge in [0.1, 0.15) is 17.3 Å². The molecule has 1 fully saturated rings. The molecule has 0 aromatic heterocycles. The van der Waals surface area contributed by atoms with Gasteiger partial charge in [-0.15, -0.1) is 0 Å². The second-order valence-electron chi connectivity index (χ2n) is 5.82. The van der Waals surface area contributed by atoms with Gasteiger partial charge in [0.05, 0.1) is 18.8 Å². The SMILES string of the molecule is Cc1ccc(COc2ccc(Br)cc2C(=S)N2CCOCC2)cc1. The quantitative estimate of drug-likeness (QED) is 0.704. The van der Waals surface area contributed by atoms with Crippen LogP contribution in [0.1, 0.15) is 16.7 Å². The van der Waals surface area contributed by atoms with E-state index in [9.17, 15) is 0 Å². The Hall–Kier alpha value is -1.43. The fourth-order valence-electron chi connectivity index (χ4n) is 2.58. The van der Waals surface area contributed by atoms with Gasteiger partial charge in [-0.1, -0.05) is 58.0 Å². The topological polar surface area (TPSA) is 21.7 Å². The van der Waals surface area contributed by atoms with Gasteiger partial charge in [0.2, 0.25) is 0 Å². The van der Waals surface area contributed by atoms with E-state index in [-0.39, 0.29) is 0 Å². The van der Waals surface area contributed by atoms with Crippen LogP contribution in [0.5, 0.6) is 5.75 Å². The summed E-state index contributed by atoms with van der Waals surface area (Å²) in [7, 11) is 0. The van der Waals surface area contributed by atoms with Gasteiger partial charge in [0, 0.05) is 17.6 Å². The van der Waals surface area contributed by atoms with Crippen molar-refractivity contribution in [3.05, 3.63) is 63.6 Å². The van der Waals surface area contributed by atoms with Gasteiger partial charge in [-0.3, -0.25) is 0 Å². The molecule has 3 rings (SSSR count). The Labute approximate surface area is 156 Å². The predicted molar refractivity (Wildman–Crippen MR) is 104 cm³/mol. The van der Waals surface area contributed by atoms with E-state index in [2.05, 4.69) is 52.0 Å². The monoisotopic (exact) mass is 405 g/mol. The molecule has 0 N–H and O–H groups in total. The number of ether oxygens (including phenoxy) is 2. The largest absolute Gasteiger partial charge is 0.488 e. The maximum atomic E-state index is 6.06. The Balaban J connectivity index is 1.77. The van der Waals surface area contributed by atoms with Crippen LogP contribution in [0, 0.1) is 6.92 Å². The van der Waals surface area contributed by atoms with Gasteiger partial charge in [-0.05, 0) is 30.7 Å². The van der Waals surface area contributed by atoms with Gasteiger partial charge in [0.15, 0.2) is 0 Å². The average molecular weight is 406 g/mol. The van der Waals surface area contributed by atoms with Crippen LogP contribution < -0.4 is 4.74 Å². The standard InChI is InChI=1S/C19H20BrNO2S/c1-14-2-4-15(5-3-14)13-23-18-7-6-16(20)12-17(18)19(24)21-8-10-22-11-9-21/h2-7,12H,8-11,13H2,1H3. The summed E-state index contributed by atoms with van der Waals surface area (Å²) in [6.45, 7) is 5.69. The molecule has 2 aromatic rings. The molecular weight excluding hydrogens is 386 g/mol. The number of benzene rings is 2. The number of aryl methyl sites for hydroxylation is 1. The summed E-state index contributed by atoms with van der Waals surface area (Å²) in [5, 5.41) is 0. The summed E-state index contributed by atoms with van der Waals surface area (Å²) in [6.07, 6.45) is 0. The van der Waals surface area contributed by atoms with Crippen molar-refractivity contribution in [2.24, 2.45) is 0 Å². The first-order valence-electron chi connectivity index (χ1n) is 7.98. The summed E-state index contributed by atoms with van der Waals surface area (Å²) in [5.74, 6) is 0.815. The summed E-state index contributed by atoms with van der Waals surface area (Å²) < 4.78 is 12.5. The first-order chi connectivity index (χ1) is 11.6. The van der Waals surface area contributed by atoms with Crippen LogP contribution >= 0.6 is 28.1 Å². The van der Waals surface area contributed by atoms with Crippen molar-refractivity contribution >= 4 is 33.1 Å². The maximum absolute atomic E-state index is 6.06. The van der Waals surface area contributed by atoms with Crippen molar-refractivity contribution < 1.29 is 9.47 Å². The molecule has 24 heavy (non-hydrogen) atoms. The summed E-state index contributed by atoms with van der Waals surface area (Å²) in [5.41, 5.74) is 3.34. The zero-order valence-corrected chi connectivity index (χ0v) is 16.0. The Kier molecular flexibility index (Phi) is 5.87. The lowest BCUT2D eigenvalue weighted by atomic mass is 10.1. The van der Waals surface area contributed by atoms with Gasteiger partial charge < -0.3 is 14.4 Å². The van der Waals surface area contributed by atoms with Crippen molar-refractivity contribution in [3.63, 3.8) is 0 Å². The number of morpholine rings is 1. The van der Waals surface area contributed by atoms with Gasteiger partial charge in [0.25, 0.3) is 0 Å². The number of nitrogens with zero attached hydrogens (tertiary/aromatic N) is 1. The van der Waals surface area contributed by atoms with Gasteiger partial charge in [-0.25, -0.2) is 0 Å². The third-order valence-electron chi connectivity index (χ3n) is 3.99. The van der Waals surface area contributed by atoms with Crippen LogP contribution in [0.3, 0.4) is 0 Å². The molecule has 0 bridgehead atoms. The molecule has 5 heteroatoms. The molecule has 0 unspecified atom stereocenters. The van der Waals surface area contributed by atoms with Crippen molar-refractivity contribution in [2.45, 2.75) is 13.5 Å². The van der Waals surface area contributed by atoms with Crippen molar-refractivity contribution in [1.29, 1.82) is 0 Å². The van der Waals surface area contributed by atoms with Crippen LogP contribution in [-0.2, 0) is 11.3 Å². The van der Waals surface area contributed by atoms with E-state index in [0.29, 0.717) is 19.8 Å². The first kappa shape index (κ1) is 17.4. The fourth-order valence-corrected chi connectivity index (χ4v) is 3.28. The highest BCUT2D eigenvalue weighted by atomic mass is 79.9. The van der Waals surface area contributed by atoms with Crippen molar-refractivity contribution in [1.82, 2.24) is 4.90 Å². The minimum absolute atomic E-state index is 0.528. The fraction of sp³-hybridized carbons (Fsp3) is 0.316. The number of rotatable bonds is 4. The average Bonchev–Trinajstić information content (AvgIpc) is 2.62. The molecule has 0 atom stereocenters. The van der Waals surface area contributed by atoms with Crippen LogP contribution in [0.15, 0.2) is 46.9 Å².